The van der Waals surface area contributed by atoms with Crippen LogP contribution in [-0.4, -0.2) is 33.7 Å². The first kappa shape index (κ1) is 18.5. The van der Waals surface area contributed by atoms with E-state index in [4.69, 9.17) is 17.0 Å². The molecule has 0 bridgehead atoms. The van der Waals surface area contributed by atoms with Crippen molar-refractivity contribution in [2.24, 2.45) is 0 Å². The molecule has 0 spiro atoms. The van der Waals surface area contributed by atoms with Crippen LogP contribution in [0.4, 0.5) is 0 Å². The molecule has 138 valence electrons. The first-order chi connectivity index (χ1) is 12.4. The maximum absolute atomic E-state index is 12.6. The zero-order chi connectivity index (χ0) is 18.8. The van der Waals surface area contributed by atoms with Crippen molar-refractivity contribution < 1.29 is 9.53 Å². The number of hydrogen-bond acceptors (Lipinski definition) is 4. The summed E-state index contributed by atoms with van der Waals surface area (Å²) in [5, 5.41) is 3.56. The molecule has 7 heteroatoms. The highest BCUT2D eigenvalue weighted by molar-refractivity contribution is 7.71. The lowest BCUT2D eigenvalue weighted by molar-refractivity contribution is -0.0408. The smallest absolute Gasteiger partial charge is 0.262 e. The fraction of sp³-hybridized carbons (Fsp3) is 0.421. The molecule has 2 heterocycles. The zero-order valence-corrected chi connectivity index (χ0v) is 15.8. The molecule has 0 saturated carbocycles. The number of aromatic amines is 1. The lowest BCUT2D eigenvalue weighted by Crippen LogP contribution is -2.43. The summed E-state index contributed by atoms with van der Waals surface area (Å²) in [4.78, 5) is 28.2. The molecular weight excluding hydrogens is 350 g/mol. The molecule has 1 saturated heterocycles. The summed E-state index contributed by atoms with van der Waals surface area (Å²) < 4.78 is 7.46. The molecule has 1 unspecified atom stereocenters. The lowest BCUT2D eigenvalue weighted by Gasteiger charge is -2.32. The van der Waals surface area contributed by atoms with Crippen LogP contribution >= 0.6 is 12.2 Å². The number of ether oxygens (including phenoxy) is 1. The first-order valence-corrected chi connectivity index (χ1v) is 9.14. The van der Waals surface area contributed by atoms with Crippen LogP contribution in [0.3, 0.4) is 0 Å². The Labute approximate surface area is 156 Å². The van der Waals surface area contributed by atoms with E-state index in [0.29, 0.717) is 27.8 Å². The quantitative estimate of drug-likeness (QED) is 0.638. The maximum Gasteiger partial charge on any atom is 0.262 e. The minimum atomic E-state index is -0.192. The van der Waals surface area contributed by atoms with E-state index in [9.17, 15) is 9.59 Å². The molecule has 1 aliphatic heterocycles. The SMILES string of the molecule is C=CCn1c(=S)[nH]c2cc(C(=O)NC3C[C@@H](C)O[C@@H](C)C3)ccc2c1=O. The van der Waals surface area contributed by atoms with Gasteiger partial charge >= 0.3 is 0 Å². The number of carbonyl (C=O) groups excluding carboxylic acids is 1. The standard InChI is InChI=1S/C19H23N3O3S/c1-4-7-22-18(24)15-6-5-13(10-16(15)21-19(22)26)17(23)20-14-8-11(2)25-12(3)9-14/h4-6,10-12,14H,1,7-9H2,2-3H3,(H,20,23)(H,21,26)/t11-,12+,14?. The second-order valence-electron chi connectivity index (χ2n) is 6.79. The molecule has 1 aromatic heterocycles. The van der Waals surface area contributed by atoms with Gasteiger partial charge in [0.2, 0.25) is 0 Å². The predicted molar refractivity (Wildman–Crippen MR) is 104 cm³/mol. The molecule has 1 fully saturated rings. The second kappa shape index (κ2) is 7.55. The second-order valence-corrected chi connectivity index (χ2v) is 7.18. The van der Waals surface area contributed by atoms with Crippen LogP contribution < -0.4 is 10.9 Å². The van der Waals surface area contributed by atoms with Gasteiger partial charge in [-0.2, -0.15) is 0 Å². The van der Waals surface area contributed by atoms with E-state index in [-0.39, 0.29) is 29.7 Å². The summed E-state index contributed by atoms with van der Waals surface area (Å²) in [6.45, 7) is 8.01. The highest BCUT2D eigenvalue weighted by Crippen LogP contribution is 2.20. The predicted octanol–water partition coefficient (Wildman–Crippen LogP) is 2.93. The molecule has 0 radical (unpaired) electrons. The van der Waals surface area contributed by atoms with Crippen LogP contribution in [0.1, 0.15) is 37.0 Å². The number of allylic oxidation sites excluding steroid dienone is 1. The summed E-state index contributed by atoms with van der Waals surface area (Å²) in [7, 11) is 0. The van der Waals surface area contributed by atoms with Crippen LogP contribution in [-0.2, 0) is 11.3 Å². The van der Waals surface area contributed by atoms with Crippen molar-refractivity contribution in [2.75, 3.05) is 0 Å². The number of H-pyrrole nitrogens is 1. The van der Waals surface area contributed by atoms with Crippen molar-refractivity contribution in [3.05, 3.63) is 51.5 Å². The van der Waals surface area contributed by atoms with E-state index in [0.717, 1.165) is 12.8 Å². The molecular formula is C19H23N3O3S. The van der Waals surface area contributed by atoms with E-state index < -0.39 is 0 Å². The largest absolute Gasteiger partial charge is 0.375 e. The molecule has 1 aromatic carbocycles. The van der Waals surface area contributed by atoms with Crippen molar-refractivity contribution in [3.8, 4) is 0 Å². The molecule has 1 aliphatic rings. The van der Waals surface area contributed by atoms with Crippen LogP contribution in [0.25, 0.3) is 10.9 Å². The molecule has 6 nitrogen and oxygen atoms in total. The topological polar surface area (TPSA) is 76.1 Å². The van der Waals surface area contributed by atoms with Crippen molar-refractivity contribution in [1.29, 1.82) is 0 Å². The number of amides is 1. The Bertz CT molecular complexity index is 953. The Morgan fingerprint density at radius 2 is 2.12 bits per heavy atom. The molecule has 0 aliphatic carbocycles. The summed E-state index contributed by atoms with van der Waals surface area (Å²) in [6.07, 6.45) is 3.45. The fourth-order valence-electron chi connectivity index (χ4n) is 3.48. The van der Waals surface area contributed by atoms with Gasteiger partial charge in [0.15, 0.2) is 4.77 Å². The maximum atomic E-state index is 12.6. The Hall–Kier alpha value is -2.25. The van der Waals surface area contributed by atoms with Crippen molar-refractivity contribution >= 4 is 29.0 Å². The van der Waals surface area contributed by atoms with E-state index in [2.05, 4.69) is 16.9 Å². The van der Waals surface area contributed by atoms with Gasteiger partial charge < -0.3 is 15.0 Å². The molecule has 3 rings (SSSR count). The van der Waals surface area contributed by atoms with Crippen LogP contribution in [0.15, 0.2) is 35.6 Å². The van der Waals surface area contributed by atoms with Gasteiger partial charge in [0.25, 0.3) is 11.5 Å². The Balaban J connectivity index is 1.88. The fourth-order valence-corrected chi connectivity index (χ4v) is 3.75. The van der Waals surface area contributed by atoms with Crippen LogP contribution in [0, 0.1) is 4.77 Å². The van der Waals surface area contributed by atoms with Gasteiger partial charge in [-0.3, -0.25) is 14.2 Å². The highest BCUT2D eigenvalue weighted by atomic mass is 32.1. The molecule has 2 aromatic rings. The number of fused-ring (bicyclic) bond motifs is 1. The minimum absolute atomic E-state index is 0.0797. The summed E-state index contributed by atoms with van der Waals surface area (Å²) in [6, 6.07) is 5.08. The number of hydrogen-bond donors (Lipinski definition) is 2. The third-order valence-electron chi connectivity index (χ3n) is 4.59. The minimum Gasteiger partial charge on any atom is -0.375 e. The highest BCUT2D eigenvalue weighted by Gasteiger charge is 2.26. The van der Waals surface area contributed by atoms with E-state index in [1.54, 1.807) is 24.3 Å². The van der Waals surface area contributed by atoms with Crippen molar-refractivity contribution in [1.82, 2.24) is 14.9 Å². The number of rotatable bonds is 4. The average molecular weight is 373 g/mol. The number of aromatic nitrogens is 2. The average Bonchev–Trinajstić information content (AvgIpc) is 2.57. The molecule has 2 N–H and O–H groups in total. The van der Waals surface area contributed by atoms with Crippen molar-refractivity contribution in [3.63, 3.8) is 0 Å². The summed E-state index contributed by atoms with van der Waals surface area (Å²) >= 11 is 5.24. The first-order valence-electron chi connectivity index (χ1n) is 8.73. The van der Waals surface area contributed by atoms with Gasteiger partial charge in [0.05, 0.1) is 23.1 Å². The Morgan fingerprint density at radius 3 is 2.77 bits per heavy atom. The zero-order valence-electron chi connectivity index (χ0n) is 15.0. The molecule has 3 atom stereocenters. The monoisotopic (exact) mass is 373 g/mol. The van der Waals surface area contributed by atoms with Gasteiger partial charge in [0, 0.05) is 18.2 Å². The van der Waals surface area contributed by atoms with Crippen LogP contribution in [0.2, 0.25) is 0 Å². The van der Waals surface area contributed by atoms with Crippen LogP contribution in [0.5, 0.6) is 0 Å². The molecule has 26 heavy (non-hydrogen) atoms. The van der Waals surface area contributed by atoms with E-state index in [1.807, 2.05) is 13.8 Å². The van der Waals surface area contributed by atoms with Crippen molar-refractivity contribution in [2.45, 2.75) is 51.5 Å². The Morgan fingerprint density at radius 1 is 1.42 bits per heavy atom. The van der Waals surface area contributed by atoms with Gasteiger partial charge in [0.1, 0.15) is 0 Å². The van der Waals surface area contributed by atoms with Gasteiger partial charge in [-0.15, -0.1) is 6.58 Å². The van der Waals surface area contributed by atoms with Gasteiger partial charge in [-0.05, 0) is 57.1 Å². The number of carbonyl (C=O) groups is 1. The Kier molecular flexibility index (Phi) is 5.38. The number of nitrogens with one attached hydrogen (secondary N) is 2. The third-order valence-corrected chi connectivity index (χ3v) is 4.91. The third kappa shape index (κ3) is 3.78. The summed E-state index contributed by atoms with van der Waals surface area (Å²) in [5.41, 5.74) is 0.861. The van der Waals surface area contributed by atoms with E-state index >= 15 is 0 Å². The lowest BCUT2D eigenvalue weighted by atomic mass is 9.99. The normalized spacial score (nSPS) is 22.9. The number of benzene rings is 1. The van der Waals surface area contributed by atoms with Gasteiger partial charge in [-0.1, -0.05) is 6.08 Å². The molecule has 1 amide bonds. The number of nitrogens with zero attached hydrogens (tertiary/aromatic N) is 1. The van der Waals surface area contributed by atoms with Gasteiger partial charge in [-0.25, -0.2) is 0 Å². The van der Waals surface area contributed by atoms with E-state index in [1.165, 1.54) is 4.57 Å². The summed E-state index contributed by atoms with van der Waals surface area (Å²) in [5.74, 6) is -0.159.